The maximum Gasteiger partial charge on any atom is 0.137 e. The van der Waals surface area contributed by atoms with Gasteiger partial charge in [-0.2, -0.15) is 5.10 Å². The van der Waals surface area contributed by atoms with Crippen molar-refractivity contribution in [2.24, 2.45) is 5.92 Å². The molecule has 1 aliphatic heterocycles. The second-order valence-corrected chi connectivity index (χ2v) is 4.75. The van der Waals surface area contributed by atoms with Crippen LogP contribution in [-0.2, 0) is 6.54 Å². The lowest BCUT2D eigenvalue weighted by Crippen LogP contribution is -2.38. The first-order valence-electron chi connectivity index (χ1n) is 6.64. The first-order valence-corrected chi connectivity index (χ1v) is 6.64. The van der Waals surface area contributed by atoms with Crippen molar-refractivity contribution in [1.29, 1.82) is 0 Å². The van der Waals surface area contributed by atoms with Crippen LogP contribution in [-0.4, -0.2) is 52.4 Å². The zero-order valence-corrected chi connectivity index (χ0v) is 10.7. The van der Waals surface area contributed by atoms with Crippen molar-refractivity contribution in [3.63, 3.8) is 0 Å². The summed E-state index contributed by atoms with van der Waals surface area (Å²) in [5, 5.41) is 7.57. The Morgan fingerprint density at radius 2 is 2.12 bits per heavy atom. The zero-order chi connectivity index (χ0) is 11.9. The van der Waals surface area contributed by atoms with E-state index >= 15 is 0 Å². The SMILES string of the molecule is CCNCC1CCN(CCn2cncn2)CC1. The molecule has 1 N–H and O–H groups in total. The molecule has 0 atom stereocenters. The van der Waals surface area contributed by atoms with Gasteiger partial charge in [0.1, 0.15) is 12.7 Å². The van der Waals surface area contributed by atoms with Gasteiger partial charge in [-0.3, -0.25) is 4.68 Å². The number of nitrogens with zero attached hydrogens (tertiary/aromatic N) is 4. The molecule has 0 bridgehead atoms. The molecule has 5 heteroatoms. The van der Waals surface area contributed by atoms with Crippen molar-refractivity contribution in [2.45, 2.75) is 26.3 Å². The fraction of sp³-hybridized carbons (Fsp3) is 0.833. The Hall–Kier alpha value is -0.940. The van der Waals surface area contributed by atoms with E-state index in [-0.39, 0.29) is 0 Å². The van der Waals surface area contributed by atoms with E-state index in [0.29, 0.717) is 0 Å². The molecular weight excluding hydrogens is 214 g/mol. The smallest absolute Gasteiger partial charge is 0.137 e. The van der Waals surface area contributed by atoms with Gasteiger partial charge in [0.25, 0.3) is 0 Å². The number of likely N-dealkylation sites (tertiary alicyclic amines) is 1. The standard InChI is InChI=1S/C12H23N5/c1-2-13-9-12-3-5-16(6-4-12)7-8-17-11-14-10-15-17/h10-13H,2-9H2,1H3. The normalized spacial score (nSPS) is 18.6. The molecular formula is C12H23N5. The third kappa shape index (κ3) is 4.09. The van der Waals surface area contributed by atoms with Crippen molar-refractivity contribution < 1.29 is 0 Å². The van der Waals surface area contributed by atoms with Gasteiger partial charge in [0.2, 0.25) is 0 Å². The molecule has 1 saturated heterocycles. The molecule has 1 aromatic heterocycles. The number of piperidine rings is 1. The Balaban J connectivity index is 1.62. The molecule has 0 radical (unpaired) electrons. The molecule has 0 aromatic carbocycles. The summed E-state index contributed by atoms with van der Waals surface area (Å²) in [5.41, 5.74) is 0. The van der Waals surface area contributed by atoms with Crippen LogP contribution >= 0.6 is 0 Å². The van der Waals surface area contributed by atoms with Crippen molar-refractivity contribution in [2.75, 3.05) is 32.7 Å². The minimum atomic E-state index is 0.873. The Morgan fingerprint density at radius 1 is 1.29 bits per heavy atom. The number of rotatable bonds is 6. The number of hydrogen-bond acceptors (Lipinski definition) is 4. The minimum Gasteiger partial charge on any atom is -0.317 e. The second-order valence-electron chi connectivity index (χ2n) is 4.75. The van der Waals surface area contributed by atoms with E-state index in [4.69, 9.17) is 0 Å². The predicted molar refractivity (Wildman–Crippen MR) is 67.7 cm³/mol. The van der Waals surface area contributed by atoms with Crippen molar-refractivity contribution in [3.8, 4) is 0 Å². The van der Waals surface area contributed by atoms with Crippen LogP contribution in [0.5, 0.6) is 0 Å². The maximum atomic E-state index is 4.12. The Labute approximate surface area is 103 Å². The highest BCUT2D eigenvalue weighted by atomic mass is 15.3. The Kier molecular flexibility index (Phi) is 4.94. The van der Waals surface area contributed by atoms with E-state index in [2.05, 4.69) is 27.2 Å². The van der Waals surface area contributed by atoms with Gasteiger partial charge in [-0.1, -0.05) is 6.92 Å². The average molecular weight is 237 g/mol. The summed E-state index contributed by atoms with van der Waals surface area (Å²) in [6, 6.07) is 0. The third-order valence-corrected chi connectivity index (χ3v) is 3.50. The van der Waals surface area contributed by atoms with E-state index in [1.807, 2.05) is 4.68 Å². The van der Waals surface area contributed by atoms with Crippen LogP contribution in [0.15, 0.2) is 12.7 Å². The number of hydrogen-bond donors (Lipinski definition) is 1. The van der Waals surface area contributed by atoms with Crippen LogP contribution in [0.2, 0.25) is 0 Å². The van der Waals surface area contributed by atoms with E-state index in [9.17, 15) is 0 Å². The number of aromatic nitrogens is 3. The van der Waals surface area contributed by atoms with E-state index in [1.165, 1.54) is 32.5 Å². The van der Waals surface area contributed by atoms with Gasteiger partial charge in [-0.15, -0.1) is 0 Å². The van der Waals surface area contributed by atoms with Crippen LogP contribution in [0.1, 0.15) is 19.8 Å². The summed E-state index contributed by atoms with van der Waals surface area (Å²) < 4.78 is 1.91. The summed E-state index contributed by atoms with van der Waals surface area (Å²) >= 11 is 0. The first kappa shape index (κ1) is 12.5. The molecule has 0 amide bonds. The van der Waals surface area contributed by atoms with Crippen molar-refractivity contribution >= 4 is 0 Å². The van der Waals surface area contributed by atoms with Gasteiger partial charge < -0.3 is 10.2 Å². The highest BCUT2D eigenvalue weighted by Crippen LogP contribution is 2.15. The van der Waals surface area contributed by atoms with Gasteiger partial charge in [-0.05, 0) is 44.9 Å². The topological polar surface area (TPSA) is 46.0 Å². The van der Waals surface area contributed by atoms with Gasteiger partial charge >= 0.3 is 0 Å². The average Bonchev–Trinajstić information content (AvgIpc) is 2.88. The van der Waals surface area contributed by atoms with Crippen LogP contribution in [0.4, 0.5) is 0 Å². The number of nitrogens with one attached hydrogen (secondary N) is 1. The molecule has 0 aliphatic carbocycles. The molecule has 0 unspecified atom stereocenters. The molecule has 0 spiro atoms. The molecule has 17 heavy (non-hydrogen) atoms. The summed E-state index contributed by atoms with van der Waals surface area (Å²) in [7, 11) is 0. The van der Waals surface area contributed by atoms with E-state index in [0.717, 1.165) is 25.6 Å². The van der Waals surface area contributed by atoms with E-state index < -0.39 is 0 Å². The summed E-state index contributed by atoms with van der Waals surface area (Å²) in [4.78, 5) is 6.49. The Morgan fingerprint density at radius 3 is 2.76 bits per heavy atom. The fourth-order valence-corrected chi connectivity index (χ4v) is 2.35. The highest BCUT2D eigenvalue weighted by molar-refractivity contribution is 4.73. The summed E-state index contributed by atoms with van der Waals surface area (Å²) in [6.07, 6.45) is 6.04. The molecule has 0 saturated carbocycles. The van der Waals surface area contributed by atoms with Crippen LogP contribution < -0.4 is 5.32 Å². The first-order chi connectivity index (χ1) is 8.38. The quantitative estimate of drug-likeness (QED) is 0.787. The lowest BCUT2D eigenvalue weighted by atomic mass is 9.97. The van der Waals surface area contributed by atoms with E-state index in [1.54, 1.807) is 12.7 Å². The van der Waals surface area contributed by atoms with Crippen LogP contribution in [0.25, 0.3) is 0 Å². The van der Waals surface area contributed by atoms with Crippen LogP contribution in [0, 0.1) is 5.92 Å². The Bertz CT molecular complexity index is 290. The minimum absolute atomic E-state index is 0.873. The molecule has 1 aromatic rings. The molecule has 1 aliphatic rings. The lowest BCUT2D eigenvalue weighted by Gasteiger charge is -2.31. The van der Waals surface area contributed by atoms with Gasteiger partial charge in [-0.25, -0.2) is 4.98 Å². The summed E-state index contributed by atoms with van der Waals surface area (Å²) in [5.74, 6) is 0.873. The monoisotopic (exact) mass is 237 g/mol. The van der Waals surface area contributed by atoms with Crippen molar-refractivity contribution in [3.05, 3.63) is 12.7 Å². The van der Waals surface area contributed by atoms with Gasteiger partial charge in [0.05, 0.1) is 6.54 Å². The molecule has 5 nitrogen and oxygen atoms in total. The molecule has 96 valence electrons. The fourth-order valence-electron chi connectivity index (χ4n) is 2.35. The van der Waals surface area contributed by atoms with Crippen LogP contribution in [0.3, 0.4) is 0 Å². The van der Waals surface area contributed by atoms with Crippen molar-refractivity contribution in [1.82, 2.24) is 25.0 Å². The zero-order valence-electron chi connectivity index (χ0n) is 10.7. The summed E-state index contributed by atoms with van der Waals surface area (Å²) in [6.45, 7) is 8.96. The second kappa shape index (κ2) is 6.71. The van der Waals surface area contributed by atoms with Gasteiger partial charge in [0, 0.05) is 6.54 Å². The lowest BCUT2D eigenvalue weighted by molar-refractivity contribution is 0.175. The van der Waals surface area contributed by atoms with Gasteiger partial charge in [0.15, 0.2) is 0 Å². The molecule has 1 fully saturated rings. The largest absolute Gasteiger partial charge is 0.317 e. The predicted octanol–water partition coefficient (Wildman–Crippen LogP) is 0.600. The molecule has 2 heterocycles. The maximum absolute atomic E-state index is 4.12. The molecule has 2 rings (SSSR count). The highest BCUT2D eigenvalue weighted by Gasteiger charge is 2.18. The third-order valence-electron chi connectivity index (χ3n) is 3.50.